The molecule has 1 heterocycles. The monoisotopic (exact) mass is 316 g/mol. The molecule has 2 aromatic rings. The van der Waals surface area contributed by atoms with Crippen LogP contribution in [0, 0.1) is 0 Å². The van der Waals surface area contributed by atoms with Gasteiger partial charge in [0.15, 0.2) is 0 Å². The zero-order valence-corrected chi connectivity index (χ0v) is 12.3. The lowest BCUT2D eigenvalue weighted by molar-refractivity contribution is 0.0606. The second kappa shape index (κ2) is 5.77. The van der Waals surface area contributed by atoms with Crippen molar-refractivity contribution in [3.05, 3.63) is 28.1 Å². The first-order valence-corrected chi connectivity index (χ1v) is 6.99. The van der Waals surface area contributed by atoms with E-state index in [4.69, 9.17) is 28.9 Å². The van der Waals surface area contributed by atoms with Crippen molar-refractivity contribution in [3.63, 3.8) is 0 Å². The van der Waals surface area contributed by atoms with Crippen LogP contribution in [0.15, 0.2) is 23.2 Å². The molecule has 0 aliphatic heterocycles. The van der Waals surface area contributed by atoms with Gasteiger partial charge in [-0.3, -0.25) is 0 Å². The highest BCUT2D eigenvalue weighted by molar-refractivity contribution is 7.21. The quantitative estimate of drug-likeness (QED) is 0.407. The molecule has 19 heavy (non-hydrogen) atoms. The van der Waals surface area contributed by atoms with Gasteiger partial charge in [-0.1, -0.05) is 11.6 Å². The highest BCUT2D eigenvalue weighted by Crippen LogP contribution is 2.37. The van der Waals surface area contributed by atoms with Crippen LogP contribution in [-0.4, -0.2) is 24.8 Å². The number of halogens is 2. The molecule has 0 bridgehead atoms. The molecular weight excluding hydrogens is 307 g/mol. The van der Waals surface area contributed by atoms with Crippen LogP contribution in [0.25, 0.3) is 10.1 Å². The van der Waals surface area contributed by atoms with Gasteiger partial charge in [-0.2, -0.15) is 0 Å². The number of hydrogen-bond donors (Lipinski definition) is 1. The van der Waals surface area contributed by atoms with E-state index in [0.717, 1.165) is 10.1 Å². The fourth-order valence-corrected chi connectivity index (χ4v) is 3.06. The Morgan fingerprint density at radius 3 is 2.89 bits per heavy atom. The Labute approximate surface area is 123 Å². The Balaban J connectivity index is 2.53. The van der Waals surface area contributed by atoms with Gasteiger partial charge in [-0.15, -0.1) is 22.9 Å². The third-order valence-electron chi connectivity index (χ3n) is 2.39. The Hall–Kier alpha value is -1.30. The Morgan fingerprint density at radius 1 is 1.53 bits per heavy atom. The topological polar surface area (TPSA) is 64.7 Å². The van der Waals surface area contributed by atoms with Crippen LogP contribution in [0.1, 0.15) is 9.67 Å². The van der Waals surface area contributed by atoms with E-state index >= 15 is 0 Å². The van der Waals surface area contributed by atoms with Crippen LogP contribution in [0.4, 0.5) is 5.69 Å². The highest BCUT2D eigenvalue weighted by atomic mass is 35.5. The predicted molar refractivity (Wildman–Crippen MR) is 80.2 cm³/mol. The highest BCUT2D eigenvalue weighted by Gasteiger charge is 2.17. The normalized spacial score (nSPS) is 11.8. The number of carbonyl (C=O) groups is 1. The maximum Gasteiger partial charge on any atom is 0.349 e. The predicted octanol–water partition coefficient (Wildman–Crippen LogP) is 3.57. The van der Waals surface area contributed by atoms with Crippen LogP contribution in [-0.2, 0) is 4.74 Å². The molecule has 0 aliphatic carbocycles. The van der Waals surface area contributed by atoms with Crippen molar-refractivity contribution >= 4 is 62.1 Å². The number of rotatable bonds is 3. The number of alkyl halides is 1. The van der Waals surface area contributed by atoms with Gasteiger partial charge in [0, 0.05) is 10.1 Å². The van der Waals surface area contributed by atoms with Crippen LogP contribution in [0.2, 0.25) is 5.02 Å². The molecule has 0 saturated carbocycles. The van der Waals surface area contributed by atoms with Crippen LogP contribution < -0.4 is 5.73 Å². The summed E-state index contributed by atoms with van der Waals surface area (Å²) >= 11 is 13.0. The van der Waals surface area contributed by atoms with E-state index in [1.54, 1.807) is 18.2 Å². The van der Waals surface area contributed by atoms with Gasteiger partial charge in [0.25, 0.3) is 0 Å². The second-order valence-electron chi connectivity index (χ2n) is 3.65. The number of amidine groups is 1. The number of nitrogens with zero attached hydrogens (tertiary/aromatic N) is 1. The van der Waals surface area contributed by atoms with Crippen molar-refractivity contribution in [2.45, 2.75) is 0 Å². The number of nitrogens with two attached hydrogens (primary N) is 1. The molecule has 0 spiro atoms. The SMILES string of the molecule is COC(=O)c1sc2cc(N=C(N)CCl)ccc2c1Cl. The van der Waals surface area contributed by atoms with Crippen molar-refractivity contribution in [2.24, 2.45) is 10.7 Å². The number of aliphatic imine (C=N–C) groups is 1. The summed E-state index contributed by atoms with van der Waals surface area (Å²) in [5.74, 6) is 0.0461. The lowest BCUT2D eigenvalue weighted by Crippen LogP contribution is -2.12. The number of ether oxygens (including phenoxy) is 1. The largest absolute Gasteiger partial charge is 0.465 e. The summed E-state index contributed by atoms with van der Waals surface area (Å²) < 4.78 is 5.52. The lowest BCUT2D eigenvalue weighted by Gasteiger charge is -1.97. The maximum absolute atomic E-state index is 11.6. The lowest BCUT2D eigenvalue weighted by atomic mass is 10.2. The van der Waals surface area contributed by atoms with Crippen molar-refractivity contribution < 1.29 is 9.53 Å². The Bertz CT molecular complexity index is 667. The second-order valence-corrected chi connectivity index (χ2v) is 5.35. The molecule has 100 valence electrons. The van der Waals surface area contributed by atoms with E-state index in [1.807, 2.05) is 0 Å². The van der Waals surface area contributed by atoms with Crippen molar-refractivity contribution in [2.75, 3.05) is 13.0 Å². The number of benzene rings is 1. The van der Waals surface area contributed by atoms with Gasteiger partial charge in [0.05, 0.1) is 23.7 Å². The van der Waals surface area contributed by atoms with Gasteiger partial charge >= 0.3 is 5.97 Å². The molecule has 0 radical (unpaired) electrons. The van der Waals surface area contributed by atoms with Gasteiger partial charge in [-0.25, -0.2) is 9.79 Å². The average molecular weight is 317 g/mol. The molecule has 1 aromatic carbocycles. The van der Waals surface area contributed by atoms with Crippen LogP contribution >= 0.6 is 34.5 Å². The van der Waals surface area contributed by atoms with E-state index in [0.29, 0.717) is 21.4 Å². The molecule has 1 aromatic heterocycles. The number of carbonyl (C=O) groups excluding carboxylic acids is 1. The average Bonchev–Trinajstić information content (AvgIpc) is 2.74. The third kappa shape index (κ3) is 2.83. The van der Waals surface area contributed by atoms with E-state index in [9.17, 15) is 4.79 Å². The molecule has 0 amide bonds. The van der Waals surface area contributed by atoms with E-state index in [2.05, 4.69) is 9.73 Å². The summed E-state index contributed by atoms with van der Waals surface area (Å²) in [4.78, 5) is 16.1. The summed E-state index contributed by atoms with van der Waals surface area (Å²) in [6.07, 6.45) is 0. The molecule has 2 N–H and O–H groups in total. The Morgan fingerprint density at radius 2 is 2.26 bits per heavy atom. The van der Waals surface area contributed by atoms with Crippen molar-refractivity contribution in [3.8, 4) is 0 Å². The van der Waals surface area contributed by atoms with E-state index < -0.39 is 5.97 Å². The molecule has 7 heteroatoms. The molecular formula is C12H10Cl2N2O2S. The first-order chi connectivity index (χ1) is 9.06. The molecule has 4 nitrogen and oxygen atoms in total. The molecule has 0 atom stereocenters. The number of esters is 1. The first-order valence-electron chi connectivity index (χ1n) is 5.26. The standard InChI is InChI=1S/C12H10Cl2N2O2S/c1-18-12(17)11-10(14)7-3-2-6(4-8(7)19-11)16-9(15)5-13/h2-4H,5H2,1H3,(H2,15,16). The van der Waals surface area contributed by atoms with Crippen molar-refractivity contribution in [1.82, 2.24) is 0 Å². The first kappa shape index (κ1) is 14.1. The fourth-order valence-electron chi connectivity index (χ4n) is 1.54. The summed E-state index contributed by atoms with van der Waals surface area (Å²) in [5, 5.41) is 1.18. The minimum absolute atomic E-state index is 0.163. The maximum atomic E-state index is 11.6. The molecule has 0 unspecified atom stereocenters. The van der Waals surface area contributed by atoms with Crippen molar-refractivity contribution in [1.29, 1.82) is 0 Å². The van der Waals surface area contributed by atoms with Crippen LogP contribution in [0.5, 0.6) is 0 Å². The molecule has 2 rings (SSSR count). The minimum Gasteiger partial charge on any atom is -0.465 e. The fraction of sp³-hybridized carbons (Fsp3) is 0.167. The summed E-state index contributed by atoms with van der Waals surface area (Å²) in [6.45, 7) is 0. The van der Waals surface area contributed by atoms with E-state index in [-0.39, 0.29) is 5.88 Å². The zero-order valence-electron chi connectivity index (χ0n) is 9.94. The minimum atomic E-state index is -0.448. The van der Waals surface area contributed by atoms with Gasteiger partial charge in [-0.05, 0) is 18.2 Å². The molecule has 0 fully saturated rings. The number of hydrogen-bond acceptors (Lipinski definition) is 4. The Kier molecular flexibility index (Phi) is 4.29. The molecule has 0 saturated heterocycles. The summed E-state index contributed by atoms with van der Waals surface area (Å²) in [5.41, 5.74) is 6.24. The number of fused-ring (bicyclic) bond motifs is 1. The van der Waals surface area contributed by atoms with Crippen LogP contribution in [0.3, 0.4) is 0 Å². The van der Waals surface area contributed by atoms with Gasteiger partial charge < -0.3 is 10.5 Å². The van der Waals surface area contributed by atoms with Gasteiger partial charge in [0.1, 0.15) is 10.7 Å². The molecule has 0 aliphatic rings. The van der Waals surface area contributed by atoms with E-state index in [1.165, 1.54) is 18.4 Å². The third-order valence-corrected chi connectivity index (χ3v) is 4.30. The summed E-state index contributed by atoms with van der Waals surface area (Å²) in [6, 6.07) is 5.36. The number of thiophene rings is 1. The summed E-state index contributed by atoms with van der Waals surface area (Å²) in [7, 11) is 1.32. The zero-order chi connectivity index (χ0) is 14.0. The smallest absolute Gasteiger partial charge is 0.349 e. The van der Waals surface area contributed by atoms with Gasteiger partial charge in [0.2, 0.25) is 0 Å². The number of methoxy groups -OCH3 is 1.